The molecule has 25 heavy (non-hydrogen) atoms. The fourth-order valence-electron chi connectivity index (χ4n) is 1.47. The first kappa shape index (κ1) is 26.5. The molecule has 0 aromatic rings. The van der Waals surface area contributed by atoms with E-state index in [1.54, 1.807) is 0 Å². The first-order valence-electron chi connectivity index (χ1n) is 9.11. The standard InChI is InChI=1S/C14H29FN2O4.C4H10/c1-12(2)17-4-5-19-6-7-21-13(3)9-20-10-14(15)8-16-11-18;1-4(2)3/h11-14,17H,4-10H2,1-3H3,(H,16,18);4H,1-3H3. The van der Waals surface area contributed by atoms with Crippen molar-refractivity contribution in [3.05, 3.63) is 0 Å². The van der Waals surface area contributed by atoms with Gasteiger partial charge in [0.25, 0.3) is 0 Å². The van der Waals surface area contributed by atoms with Crippen LogP contribution in [0.5, 0.6) is 0 Å². The molecule has 0 rings (SSSR count). The molecule has 0 aromatic carbocycles. The largest absolute Gasteiger partial charge is 0.378 e. The second-order valence-electron chi connectivity index (χ2n) is 6.80. The lowest BCUT2D eigenvalue weighted by Crippen LogP contribution is -2.28. The van der Waals surface area contributed by atoms with Gasteiger partial charge in [-0.25, -0.2) is 4.39 Å². The molecule has 0 heterocycles. The molecule has 2 unspecified atom stereocenters. The van der Waals surface area contributed by atoms with Crippen LogP contribution in [-0.2, 0) is 19.0 Å². The molecule has 6 nitrogen and oxygen atoms in total. The minimum absolute atomic E-state index is 0.0308. The normalized spacial score (nSPS) is 13.3. The van der Waals surface area contributed by atoms with Crippen LogP contribution >= 0.6 is 0 Å². The molecule has 1 amide bonds. The topological polar surface area (TPSA) is 68.8 Å². The van der Waals surface area contributed by atoms with Crippen molar-refractivity contribution in [2.24, 2.45) is 5.92 Å². The third-order valence-corrected chi connectivity index (χ3v) is 2.50. The van der Waals surface area contributed by atoms with Gasteiger partial charge < -0.3 is 24.8 Å². The van der Waals surface area contributed by atoms with Crippen molar-refractivity contribution < 1.29 is 23.4 Å². The third-order valence-electron chi connectivity index (χ3n) is 2.50. The first-order valence-corrected chi connectivity index (χ1v) is 9.11. The van der Waals surface area contributed by atoms with E-state index in [2.05, 4.69) is 45.3 Å². The predicted octanol–water partition coefficient (Wildman–Crippen LogP) is 2.17. The van der Waals surface area contributed by atoms with Crippen LogP contribution in [-0.4, -0.2) is 70.9 Å². The van der Waals surface area contributed by atoms with E-state index in [1.165, 1.54) is 0 Å². The Balaban J connectivity index is 0. The van der Waals surface area contributed by atoms with Crippen LogP contribution in [0, 0.1) is 5.92 Å². The average molecular weight is 367 g/mol. The van der Waals surface area contributed by atoms with E-state index in [0.717, 1.165) is 12.5 Å². The molecule has 0 aliphatic rings. The lowest BCUT2D eigenvalue weighted by Gasteiger charge is -2.15. The van der Waals surface area contributed by atoms with Crippen LogP contribution < -0.4 is 10.6 Å². The number of nitrogens with one attached hydrogen (secondary N) is 2. The predicted molar refractivity (Wildman–Crippen MR) is 99.7 cm³/mol. The number of carbonyl (C=O) groups is 1. The average Bonchev–Trinajstić information content (AvgIpc) is 2.51. The van der Waals surface area contributed by atoms with Crippen molar-refractivity contribution in [2.75, 3.05) is 46.1 Å². The van der Waals surface area contributed by atoms with Crippen molar-refractivity contribution in [3.8, 4) is 0 Å². The Labute approximate surface area is 153 Å². The van der Waals surface area contributed by atoms with Crippen molar-refractivity contribution in [1.82, 2.24) is 10.6 Å². The molecule has 0 saturated heterocycles. The number of rotatable bonds is 15. The summed E-state index contributed by atoms with van der Waals surface area (Å²) in [6, 6.07) is 0.461. The quantitative estimate of drug-likeness (QED) is 0.343. The Morgan fingerprint density at radius 1 is 0.960 bits per heavy atom. The van der Waals surface area contributed by atoms with Gasteiger partial charge in [0.15, 0.2) is 0 Å². The monoisotopic (exact) mass is 366 g/mol. The van der Waals surface area contributed by atoms with Crippen LogP contribution in [0.15, 0.2) is 0 Å². The molecule has 2 N–H and O–H groups in total. The fraction of sp³-hybridized carbons (Fsp3) is 0.944. The Hall–Kier alpha value is -0.760. The van der Waals surface area contributed by atoms with E-state index in [4.69, 9.17) is 14.2 Å². The summed E-state index contributed by atoms with van der Waals surface area (Å²) in [5.74, 6) is 0.833. The number of hydrogen-bond donors (Lipinski definition) is 2. The highest BCUT2D eigenvalue weighted by Crippen LogP contribution is 1.96. The van der Waals surface area contributed by atoms with E-state index in [9.17, 15) is 9.18 Å². The number of amides is 1. The molecule has 0 saturated carbocycles. The highest BCUT2D eigenvalue weighted by Gasteiger charge is 2.08. The summed E-state index contributed by atoms with van der Waals surface area (Å²) < 4.78 is 29.1. The van der Waals surface area contributed by atoms with Gasteiger partial charge in [-0.3, -0.25) is 4.79 Å². The smallest absolute Gasteiger partial charge is 0.207 e. The minimum Gasteiger partial charge on any atom is -0.378 e. The lowest BCUT2D eigenvalue weighted by atomic mass is 10.3. The third kappa shape index (κ3) is 28.3. The van der Waals surface area contributed by atoms with E-state index < -0.39 is 6.17 Å². The summed E-state index contributed by atoms with van der Waals surface area (Å²) in [6.07, 6.45) is -0.845. The molecule has 0 spiro atoms. The molecule has 152 valence electrons. The van der Waals surface area contributed by atoms with Crippen LogP contribution in [0.4, 0.5) is 4.39 Å². The summed E-state index contributed by atoms with van der Waals surface area (Å²) in [4.78, 5) is 9.98. The summed E-state index contributed by atoms with van der Waals surface area (Å²) in [6.45, 7) is 15.2. The van der Waals surface area contributed by atoms with Crippen LogP contribution in [0.25, 0.3) is 0 Å². The maximum absolute atomic E-state index is 13.1. The molecule has 0 aliphatic carbocycles. The van der Waals surface area contributed by atoms with E-state index in [1.807, 2.05) is 6.92 Å². The van der Waals surface area contributed by atoms with Gasteiger partial charge in [0, 0.05) is 12.6 Å². The molecule has 7 heteroatoms. The van der Waals surface area contributed by atoms with Crippen LogP contribution in [0.2, 0.25) is 0 Å². The molecule has 0 fully saturated rings. The number of carbonyl (C=O) groups excluding carboxylic acids is 1. The van der Waals surface area contributed by atoms with Gasteiger partial charge in [-0.05, 0) is 12.8 Å². The van der Waals surface area contributed by atoms with Crippen molar-refractivity contribution in [1.29, 1.82) is 0 Å². The van der Waals surface area contributed by atoms with Crippen molar-refractivity contribution in [3.63, 3.8) is 0 Å². The van der Waals surface area contributed by atoms with Gasteiger partial charge in [-0.1, -0.05) is 34.6 Å². The summed E-state index contributed by atoms with van der Waals surface area (Å²) >= 11 is 0. The Bertz CT molecular complexity index is 279. The number of ether oxygens (including phenoxy) is 3. The van der Waals surface area contributed by atoms with Crippen molar-refractivity contribution in [2.45, 2.75) is 59.9 Å². The fourth-order valence-corrected chi connectivity index (χ4v) is 1.47. The maximum Gasteiger partial charge on any atom is 0.207 e. The van der Waals surface area contributed by atoms with E-state index in [-0.39, 0.29) is 19.3 Å². The molecule has 0 aromatic heterocycles. The van der Waals surface area contributed by atoms with E-state index >= 15 is 0 Å². The van der Waals surface area contributed by atoms with Gasteiger partial charge in [0.2, 0.25) is 6.41 Å². The highest BCUT2D eigenvalue weighted by molar-refractivity contribution is 5.45. The summed E-state index contributed by atoms with van der Waals surface area (Å²) in [5.41, 5.74) is 0. The number of hydrogen-bond acceptors (Lipinski definition) is 5. The Morgan fingerprint density at radius 3 is 2.16 bits per heavy atom. The zero-order valence-electron chi connectivity index (χ0n) is 16.8. The second kappa shape index (κ2) is 19.6. The van der Waals surface area contributed by atoms with Gasteiger partial charge in [0.05, 0.1) is 45.7 Å². The molecule has 0 aliphatic heterocycles. The van der Waals surface area contributed by atoms with Crippen LogP contribution in [0.1, 0.15) is 41.5 Å². The van der Waals surface area contributed by atoms with Gasteiger partial charge in [0.1, 0.15) is 6.17 Å². The number of alkyl halides is 1. The van der Waals surface area contributed by atoms with Gasteiger partial charge in [-0.15, -0.1) is 0 Å². The van der Waals surface area contributed by atoms with Crippen molar-refractivity contribution >= 4 is 6.41 Å². The zero-order chi connectivity index (χ0) is 19.5. The van der Waals surface area contributed by atoms with E-state index in [0.29, 0.717) is 38.9 Å². The van der Waals surface area contributed by atoms with Gasteiger partial charge in [-0.2, -0.15) is 0 Å². The Morgan fingerprint density at radius 2 is 1.60 bits per heavy atom. The van der Waals surface area contributed by atoms with Gasteiger partial charge >= 0.3 is 0 Å². The molecule has 2 atom stereocenters. The first-order chi connectivity index (χ1) is 11.8. The SMILES string of the molecule is CC(C)C.CC(C)NCCOCCOC(C)COCC(F)CNC=O. The molecule has 0 bridgehead atoms. The Kier molecular flexibility index (Phi) is 20.7. The summed E-state index contributed by atoms with van der Waals surface area (Å²) in [5, 5.41) is 5.51. The molecular weight excluding hydrogens is 327 g/mol. The summed E-state index contributed by atoms with van der Waals surface area (Å²) in [7, 11) is 0. The lowest BCUT2D eigenvalue weighted by molar-refractivity contribution is -0.109. The zero-order valence-corrected chi connectivity index (χ0v) is 16.8. The minimum atomic E-state index is -1.20. The second-order valence-corrected chi connectivity index (χ2v) is 6.80. The maximum atomic E-state index is 13.1. The van der Waals surface area contributed by atoms with Crippen LogP contribution in [0.3, 0.4) is 0 Å². The molecule has 0 radical (unpaired) electrons. The molecular formula is C18H39FN2O4. The highest BCUT2D eigenvalue weighted by atomic mass is 19.1. The number of halogens is 1.